The van der Waals surface area contributed by atoms with Gasteiger partial charge in [-0.1, -0.05) is 6.07 Å². The maximum atomic E-state index is 12.8. The van der Waals surface area contributed by atoms with Crippen LogP contribution < -0.4 is 15.4 Å². The molecule has 3 aliphatic heterocycles. The van der Waals surface area contributed by atoms with E-state index in [2.05, 4.69) is 10.6 Å². The Morgan fingerprint density at radius 3 is 2.93 bits per heavy atom. The molecular weight excluding hydrogens is 358 g/mol. The molecule has 7 nitrogen and oxygen atoms in total. The highest BCUT2D eigenvalue weighted by Crippen LogP contribution is 2.54. The Morgan fingerprint density at radius 1 is 1.36 bits per heavy atom. The number of hydrogen-bond acceptors (Lipinski definition) is 4. The van der Waals surface area contributed by atoms with Gasteiger partial charge in [0.15, 0.2) is 0 Å². The summed E-state index contributed by atoms with van der Waals surface area (Å²) in [6.45, 7) is 6.35. The number of benzene rings is 1. The third kappa shape index (κ3) is 3.02. The van der Waals surface area contributed by atoms with Crippen LogP contribution in [0.3, 0.4) is 0 Å². The van der Waals surface area contributed by atoms with Crippen molar-refractivity contribution in [3.05, 3.63) is 29.3 Å². The van der Waals surface area contributed by atoms with Gasteiger partial charge in [0, 0.05) is 42.6 Å². The van der Waals surface area contributed by atoms with Crippen molar-refractivity contribution in [2.45, 2.75) is 38.4 Å². The minimum absolute atomic E-state index is 0.0203. The van der Waals surface area contributed by atoms with Gasteiger partial charge in [0.1, 0.15) is 5.75 Å². The lowest BCUT2D eigenvalue weighted by atomic mass is 9.73. The molecule has 3 saturated heterocycles. The van der Waals surface area contributed by atoms with Crippen LogP contribution in [0.15, 0.2) is 18.2 Å². The van der Waals surface area contributed by atoms with E-state index in [0.717, 1.165) is 18.4 Å². The van der Waals surface area contributed by atoms with Crippen molar-refractivity contribution in [1.82, 2.24) is 15.5 Å². The molecule has 0 unspecified atom stereocenters. The molecule has 2 N–H and O–H groups in total. The minimum atomic E-state index is -0.225. The second-order valence-electron chi connectivity index (χ2n) is 8.09. The molecule has 0 saturated carbocycles. The van der Waals surface area contributed by atoms with E-state index >= 15 is 0 Å². The molecule has 1 spiro atoms. The largest absolute Gasteiger partial charge is 0.496 e. The molecule has 0 radical (unpaired) electrons. The third-order valence-electron chi connectivity index (χ3n) is 6.65. The molecule has 0 aliphatic carbocycles. The van der Waals surface area contributed by atoms with Gasteiger partial charge in [-0.3, -0.25) is 4.79 Å². The van der Waals surface area contributed by atoms with Crippen molar-refractivity contribution in [1.29, 1.82) is 0 Å². The summed E-state index contributed by atoms with van der Waals surface area (Å²) in [6, 6.07) is 5.48. The summed E-state index contributed by atoms with van der Waals surface area (Å²) in [7, 11) is 1.61. The average molecular weight is 387 g/mol. The number of fused-ring (bicyclic) bond motifs is 1. The first-order valence-electron chi connectivity index (χ1n) is 10.1. The zero-order valence-corrected chi connectivity index (χ0v) is 16.8. The standard InChI is InChI=1S/C21H29N3O4/c1-4-22-20(26)24-11-16-15(18-8-9-21(16,12-24)28-18)10-23-19(25)14-6-5-7-17(27-3)13(14)2/h5-7,15-16,18H,4,8-12H2,1-3H3,(H,22,26)(H,23,25)/t15-,16+,18+,21+/m0/s1. The van der Waals surface area contributed by atoms with Crippen LogP contribution in [0.25, 0.3) is 0 Å². The van der Waals surface area contributed by atoms with Crippen molar-refractivity contribution in [3.8, 4) is 5.75 Å². The predicted octanol–water partition coefficient (Wildman–Crippen LogP) is 1.94. The molecule has 3 heterocycles. The molecular formula is C21H29N3O4. The fourth-order valence-corrected chi connectivity index (χ4v) is 5.27. The highest BCUT2D eigenvalue weighted by Gasteiger charge is 2.63. The van der Waals surface area contributed by atoms with E-state index in [9.17, 15) is 9.59 Å². The van der Waals surface area contributed by atoms with Gasteiger partial charge in [-0.2, -0.15) is 0 Å². The first-order valence-corrected chi connectivity index (χ1v) is 10.1. The Kier molecular flexibility index (Phi) is 4.95. The number of hydrogen-bond donors (Lipinski definition) is 2. The number of ether oxygens (including phenoxy) is 2. The Balaban J connectivity index is 1.43. The number of nitrogens with zero attached hydrogens (tertiary/aromatic N) is 1. The molecule has 1 aromatic carbocycles. The molecule has 3 amide bonds. The van der Waals surface area contributed by atoms with Crippen molar-refractivity contribution >= 4 is 11.9 Å². The second-order valence-corrected chi connectivity index (χ2v) is 8.09. The van der Waals surface area contributed by atoms with E-state index in [1.165, 1.54) is 0 Å². The van der Waals surface area contributed by atoms with Crippen LogP contribution in [-0.4, -0.2) is 61.8 Å². The summed E-state index contributed by atoms with van der Waals surface area (Å²) in [6.07, 6.45) is 2.17. The van der Waals surface area contributed by atoms with Crippen LogP contribution in [-0.2, 0) is 4.74 Å². The van der Waals surface area contributed by atoms with Gasteiger partial charge in [0.25, 0.3) is 5.91 Å². The number of carbonyl (C=O) groups is 2. The summed E-state index contributed by atoms with van der Waals surface area (Å²) in [4.78, 5) is 26.9. The van der Waals surface area contributed by atoms with Crippen molar-refractivity contribution in [2.24, 2.45) is 11.8 Å². The fraction of sp³-hybridized carbons (Fsp3) is 0.619. The normalized spacial score (nSPS) is 30.2. The summed E-state index contributed by atoms with van der Waals surface area (Å²) < 4.78 is 11.7. The predicted molar refractivity (Wildman–Crippen MR) is 105 cm³/mol. The van der Waals surface area contributed by atoms with E-state index in [1.807, 2.05) is 36.9 Å². The van der Waals surface area contributed by atoms with Crippen LogP contribution in [0, 0.1) is 18.8 Å². The molecule has 1 aromatic rings. The van der Waals surface area contributed by atoms with Crippen molar-refractivity contribution < 1.29 is 19.1 Å². The lowest BCUT2D eigenvalue weighted by molar-refractivity contribution is 0.00555. The molecule has 152 valence electrons. The fourth-order valence-electron chi connectivity index (χ4n) is 5.27. The summed E-state index contributed by atoms with van der Waals surface area (Å²) in [5.41, 5.74) is 1.25. The van der Waals surface area contributed by atoms with E-state index in [-0.39, 0.29) is 35.5 Å². The van der Waals surface area contributed by atoms with Crippen molar-refractivity contribution in [2.75, 3.05) is 33.3 Å². The molecule has 3 aliphatic rings. The van der Waals surface area contributed by atoms with E-state index in [4.69, 9.17) is 9.47 Å². The highest BCUT2D eigenvalue weighted by molar-refractivity contribution is 5.96. The van der Waals surface area contributed by atoms with Crippen LogP contribution in [0.2, 0.25) is 0 Å². The number of methoxy groups -OCH3 is 1. The summed E-state index contributed by atoms with van der Waals surface area (Å²) in [5.74, 6) is 1.14. The van der Waals surface area contributed by atoms with Crippen LogP contribution in [0.5, 0.6) is 5.75 Å². The number of likely N-dealkylation sites (tertiary alicyclic amines) is 1. The Hall–Kier alpha value is -2.28. The monoisotopic (exact) mass is 387 g/mol. The minimum Gasteiger partial charge on any atom is -0.496 e. The van der Waals surface area contributed by atoms with Gasteiger partial charge in [-0.15, -0.1) is 0 Å². The van der Waals surface area contributed by atoms with Gasteiger partial charge in [-0.05, 0) is 38.8 Å². The highest BCUT2D eigenvalue weighted by atomic mass is 16.5. The SMILES string of the molecule is CCNC(=O)N1C[C@@H]2[C@H](CNC(=O)c3cccc(OC)c3C)[C@H]3CC[C@]2(C1)O3. The molecule has 28 heavy (non-hydrogen) atoms. The first kappa shape index (κ1) is 19.1. The van der Waals surface area contributed by atoms with Crippen LogP contribution in [0.1, 0.15) is 35.7 Å². The number of carbonyl (C=O) groups excluding carboxylic acids is 2. The number of urea groups is 1. The summed E-state index contributed by atoms with van der Waals surface area (Å²) in [5, 5.41) is 5.99. The van der Waals surface area contributed by atoms with Gasteiger partial charge >= 0.3 is 6.03 Å². The van der Waals surface area contributed by atoms with Gasteiger partial charge in [-0.25, -0.2) is 4.79 Å². The number of rotatable bonds is 5. The van der Waals surface area contributed by atoms with E-state index in [1.54, 1.807) is 7.11 Å². The maximum Gasteiger partial charge on any atom is 0.317 e. The smallest absolute Gasteiger partial charge is 0.317 e. The molecule has 2 bridgehead atoms. The zero-order valence-electron chi connectivity index (χ0n) is 16.8. The molecule has 4 atom stereocenters. The van der Waals surface area contributed by atoms with Gasteiger partial charge in [0.05, 0.1) is 25.4 Å². The molecule has 4 rings (SSSR count). The average Bonchev–Trinajstić information content (AvgIpc) is 3.35. The van der Waals surface area contributed by atoms with E-state index in [0.29, 0.717) is 37.5 Å². The lowest BCUT2D eigenvalue weighted by Gasteiger charge is -2.29. The Bertz CT molecular complexity index is 783. The van der Waals surface area contributed by atoms with Crippen LogP contribution >= 0.6 is 0 Å². The molecule has 7 heteroatoms. The molecule has 0 aromatic heterocycles. The van der Waals surface area contributed by atoms with Crippen LogP contribution in [0.4, 0.5) is 4.79 Å². The first-order chi connectivity index (χ1) is 13.5. The number of nitrogens with one attached hydrogen (secondary N) is 2. The van der Waals surface area contributed by atoms with Gasteiger partial charge in [0.2, 0.25) is 0 Å². The van der Waals surface area contributed by atoms with Crippen molar-refractivity contribution in [3.63, 3.8) is 0 Å². The number of amides is 3. The molecule has 3 fully saturated rings. The van der Waals surface area contributed by atoms with E-state index < -0.39 is 0 Å². The lowest BCUT2D eigenvalue weighted by Crippen LogP contribution is -2.42. The quantitative estimate of drug-likeness (QED) is 0.809. The third-order valence-corrected chi connectivity index (χ3v) is 6.65. The second kappa shape index (κ2) is 7.28. The topological polar surface area (TPSA) is 79.9 Å². The maximum absolute atomic E-state index is 12.8. The Morgan fingerprint density at radius 2 is 2.18 bits per heavy atom. The van der Waals surface area contributed by atoms with Gasteiger partial charge < -0.3 is 25.0 Å². The summed E-state index contributed by atoms with van der Waals surface area (Å²) >= 11 is 0. The zero-order chi connectivity index (χ0) is 19.9. The Labute approximate surface area is 165 Å².